The predicted octanol–water partition coefficient (Wildman–Crippen LogP) is 2.86. The Hall–Kier alpha value is -3.85. The molecule has 0 spiro atoms. The van der Waals surface area contributed by atoms with E-state index in [4.69, 9.17) is 9.47 Å². The molecule has 3 aromatic rings. The topological polar surface area (TPSA) is 87.0 Å². The summed E-state index contributed by atoms with van der Waals surface area (Å²) in [5.41, 5.74) is 0.959. The molecule has 4 rings (SSSR count). The van der Waals surface area contributed by atoms with Gasteiger partial charge in [0.25, 0.3) is 5.56 Å². The number of hydrogen-bond donors (Lipinski definition) is 0. The average Bonchev–Trinajstić information content (AvgIpc) is 3.09. The van der Waals surface area contributed by atoms with E-state index in [2.05, 4.69) is 4.99 Å². The van der Waals surface area contributed by atoms with Crippen LogP contribution in [0.25, 0.3) is 6.08 Å². The molecule has 7 nitrogen and oxygen atoms in total. The standard InChI is InChI=1S/C25H21FN2O5S/c1-4-32-24(31)21-14(2)27-25-28(22(21)18-7-5-6-8-19(18)26)23(30)20(34-25)13-16-9-11-17(12-10-16)33-15(3)29/h5-13,22H,4H2,1-3H3/b20-13+/t22-/m1/s1. The molecular formula is C25H21FN2O5S. The maximum absolute atomic E-state index is 14.9. The zero-order valence-corrected chi connectivity index (χ0v) is 19.5. The number of fused-ring (bicyclic) bond motifs is 1. The van der Waals surface area contributed by atoms with Gasteiger partial charge in [0.2, 0.25) is 0 Å². The van der Waals surface area contributed by atoms with E-state index in [-0.39, 0.29) is 17.7 Å². The number of carbonyl (C=O) groups is 2. The van der Waals surface area contributed by atoms with Gasteiger partial charge in [0, 0.05) is 12.5 Å². The summed E-state index contributed by atoms with van der Waals surface area (Å²) in [7, 11) is 0. The number of allylic oxidation sites excluding steroid dienone is 1. The largest absolute Gasteiger partial charge is 0.463 e. The number of aromatic nitrogens is 1. The van der Waals surface area contributed by atoms with Crippen molar-refractivity contribution in [3.8, 4) is 5.75 Å². The van der Waals surface area contributed by atoms with Gasteiger partial charge in [0.1, 0.15) is 17.6 Å². The molecule has 0 amide bonds. The first-order valence-electron chi connectivity index (χ1n) is 10.5. The first-order valence-corrected chi connectivity index (χ1v) is 11.3. The summed E-state index contributed by atoms with van der Waals surface area (Å²) in [6.45, 7) is 4.76. The van der Waals surface area contributed by atoms with E-state index in [9.17, 15) is 18.8 Å². The molecule has 0 bridgehead atoms. The molecule has 1 aliphatic heterocycles. The van der Waals surface area contributed by atoms with E-state index >= 15 is 0 Å². The minimum Gasteiger partial charge on any atom is -0.463 e. The van der Waals surface area contributed by atoms with Crippen LogP contribution in [-0.4, -0.2) is 23.1 Å². The summed E-state index contributed by atoms with van der Waals surface area (Å²) in [6.07, 6.45) is 1.67. The van der Waals surface area contributed by atoms with Crippen molar-refractivity contribution in [1.82, 2.24) is 4.57 Å². The first-order chi connectivity index (χ1) is 16.3. The normalized spacial score (nSPS) is 15.5. The number of hydrogen-bond acceptors (Lipinski definition) is 7. The second kappa shape index (κ2) is 9.56. The second-order valence-electron chi connectivity index (χ2n) is 7.49. The molecule has 1 aliphatic rings. The van der Waals surface area contributed by atoms with Crippen LogP contribution in [0, 0.1) is 5.82 Å². The number of rotatable bonds is 5. The van der Waals surface area contributed by atoms with E-state index in [1.54, 1.807) is 62.4 Å². The van der Waals surface area contributed by atoms with Crippen LogP contribution in [0.4, 0.5) is 4.39 Å². The van der Waals surface area contributed by atoms with Crippen LogP contribution in [0.5, 0.6) is 5.75 Å². The van der Waals surface area contributed by atoms with Crippen LogP contribution in [0.1, 0.15) is 37.9 Å². The van der Waals surface area contributed by atoms with Gasteiger partial charge in [0.05, 0.1) is 22.4 Å². The van der Waals surface area contributed by atoms with Crippen LogP contribution < -0.4 is 19.6 Å². The molecule has 9 heteroatoms. The van der Waals surface area contributed by atoms with Gasteiger partial charge in [-0.2, -0.15) is 0 Å². The smallest absolute Gasteiger partial charge is 0.338 e. The average molecular weight is 481 g/mol. The number of benzene rings is 2. The zero-order valence-electron chi connectivity index (χ0n) is 18.7. The Balaban J connectivity index is 1.88. The zero-order chi connectivity index (χ0) is 24.4. The molecule has 1 atom stereocenters. The lowest BCUT2D eigenvalue weighted by atomic mass is 9.95. The van der Waals surface area contributed by atoms with E-state index in [0.29, 0.717) is 26.3 Å². The van der Waals surface area contributed by atoms with Crippen LogP contribution in [0.2, 0.25) is 0 Å². The van der Waals surface area contributed by atoms with Crippen molar-refractivity contribution < 1.29 is 23.5 Å². The molecule has 1 aromatic heterocycles. The Morgan fingerprint density at radius 2 is 1.88 bits per heavy atom. The van der Waals surface area contributed by atoms with Gasteiger partial charge >= 0.3 is 11.9 Å². The van der Waals surface area contributed by atoms with Crippen molar-refractivity contribution in [2.45, 2.75) is 26.8 Å². The highest BCUT2D eigenvalue weighted by molar-refractivity contribution is 7.07. The van der Waals surface area contributed by atoms with E-state index in [1.165, 1.54) is 17.6 Å². The number of esters is 2. The lowest BCUT2D eigenvalue weighted by molar-refractivity contribution is -0.139. The fourth-order valence-corrected chi connectivity index (χ4v) is 4.78. The lowest BCUT2D eigenvalue weighted by Crippen LogP contribution is -2.40. The van der Waals surface area contributed by atoms with Crippen molar-refractivity contribution in [1.29, 1.82) is 0 Å². The first kappa shape index (κ1) is 23.3. The van der Waals surface area contributed by atoms with Gasteiger partial charge in [-0.15, -0.1) is 0 Å². The minimum atomic E-state index is -1.01. The SMILES string of the molecule is CCOC(=O)C1=C(C)N=c2s/c(=C/c3ccc(OC(C)=O)cc3)c(=O)n2[C@@H]1c1ccccc1F. The minimum absolute atomic E-state index is 0.122. The molecule has 0 radical (unpaired) electrons. The van der Waals surface area contributed by atoms with Crippen molar-refractivity contribution >= 4 is 29.4 Å². The third-order valence-electron chi connectivity index (χ3n) is 5.16. The fraction of sp³-hybridized carbons (Fsp3) is 0.200. The molecule has 2 heterocycles. The Bertz CT molecular complexity index is 1480. The van der Waals surface area contributed by atoms with Crippen molar-refractivity contribution in [3.05, 3.63) is 96.4 Å². The Kier molecular flexibility index (Phi) is 6.56. The highest BCUT2D eigenvalue weighted by Crippen LogP contribution is 2.32. The number of carbonyl (C=O) groups excluding carboxylic acids is 2. The van der Waals surface area contributed by atoms with E-state index in [0.717, 1.165) is 11.3 Å². The molecule has 0 saturated heterocycles. The number of nitrogens with zero attached hydrogens (tertiary/aromatic N) is 2. The quantitative estimate of drug-likeness (QED) is 0.414. The van der Waals surface area contributed by atoms with Crippen LogP contribution >= 0.6 is 11.3 Å². The molecular weight excluding hydrogens is 459 g/mol. The molecule has 0 fully saturated rings. The van der Waals surface area contributed by atoms with Crippen molar-refractivity contribution in [2.75, 3.05) is 6.61 Å². The molecule has 0 aliphatic carbocycles. The van der Waals surface area contributed by atoms with Gasteiger partial charge in [0.15, 0.2) is 4.80 Å². The molecule has 2 aromatic carbocycles. The molecule has 34 heavy (non-hydrogen) atoms. The van der Waals surface area contributed by atoms with E-state index < -0.39 is 29.4 Å². The van der Waals surface area contributed by atoms with Crippen LogP contribution in [-0.2, 0) is 14.3 Å². The highest BCUT2D eigenvalue weighted by Gasteiger charge is 2.34. The third-order valence-corrected chi connectivity index (χ3v) is 6.14. The number of ether oxygens (including phenoxy) is 2. The summed E-state index contributed by atoms with van der Waals surface area (Å²) in [4.78, 5) is 42.2. The van der Waals surface area contributed by atoms with Gasteiger partial charge in [-0.1, -0.05) is 41.7 Å². The lowest BCUT2D eigenvalue weighted by Gasteiger charge is -2.24. The molecule has 174 valence electrons. The monoisotopic (exact) mass is 480 g/mol. The fourth-order valence-electron chi connectivity index (χ4n) is 3.73. The number of thiazole rings is 1. The summed E-state index contributed by atoms with van der Waals surface area (Å²) in [5, 5.41) is 0. The van der Waals surface area contributed by atoms with Crippen molar-refractivity contribution in [3.63, 3.8) is 0 Å². The Labute approximate surface area is 198 Å². The number of halogens is 1. The van der Waals surface area contributed by atoms with E-state index in [1.807, 2.05) is 0 Å². The Morgan fingerprint density at radius 1 is 1.18 bits per heavy atom. The molecule has 0 saturated carbocycles. The molecule has 0 N–H and O–H groups in total. The molecule has 0 unspecified atom stereocenters. The Morgan fingerprint density at radius 3 is 2.53 bits per heavy atom. The maximum atomic E-state index is 14.9. The van der Waals surface area contributed by atoms with Crippen LogP contribution in [0.15, 0.2) is 69.6 Å². The third kappa shape index (κ3) is 4.47. The van der Waals surface area contributed by atoms with Gasteiger partial charge in [-0.05, 0) is 43.7 Å². The second-order valence-corrected chi connectivity index (χ2v) is 8.50. The summed E-state index contributed by atoms with van der Waals surface area (Å²) in [5.74, 6) is -1.23. The summed E-state index contributed by atoms with van der Waals surface area (Å²) in [6, 6.07) is 11.7. The maximum Gasteiger partial charge on any atom is 0.338 e. The van der Waals surface area contributed by atoms with Crippen LogP contribution in [0.3, 0.4) is 0 Å². The predicted molar refractivity (Wildman–Crippen MR) is 125 cm³/mol. The highest BCUT2D eigenvalue weighted by atomic mass is 32.1. The van der Waals surface area contributed by atoms with Gasteiger partial charge in [-0.3, -0.25) is 14.2 Å². The van der Waals surface area contributed by atoms with Gasteiger partial charge in [-0.25, -0.2) is 14.2 Å². The summed E-state index contributed by atoms with van der Waals surface area (Å²) >= 11 is 1.14. The van der Waals surface area contributed by atoms with Gasteiger partial charge < -0.3 is 9.47 Å². The summed E-state index contributed by atoms with van der Waals surface area (Å²) < 4.78 is 26.8. The van der Waals surface area contributed by atoms with Crippen molar-refractivity contribution in [2.24, 2.45) is 4.99 Å².